The standard InChI is InChI=1S/C18H36N4O/c1-4-16(5-2)17(22-9-11-23-12-10-22)14-21-18(19-6-3)20-13-15-7-8-15/h15-17H,4-14H2,1-3H3,(H2,19,20,21). The molecule has 1 aliphatic carbocycles. The second-order valence-electron chi connectivity index (χ2n) is 6.84. The normalized spacial score (nSPS) is 21.5. The summed E-state index contributed by atoms with van der Waals surface area (Å²) < 4.78 is 5.53. The summed E-state index contributed by atoms with van der Waals surface area (Å²) in [4.78, 5) is 7.51. The summed E-state index contributed by atoms with van der Waals surface area (Å²) in [5.41, 5.74) is 0. The van der Waals surface area contributed by atoms with Gasteiger partial charge in [-0.3, -0.25) is 9.89 Å². The molecule has 0 aromatic carbocycles. The zero-order valence-corrected chi connectivity index (χ0v) is 15.3. The molecule has 2 aliphatic rings. The van der Waals surface area contributed by atoms with E-state index in [0.29, 0.717) is 12.0 Å². The summed E-state index contributed by atoms with van der Waals surface area (Å²) in [5.74, 6) is 2.57. The van der Waals surface area contributed by atoms with Gasteiger partial charge in [-0.1, -0.05) is 26.7 Å². The van der Waals surface area contributed by atoms with Crippen molar-refractivity contribution in [3.63, 3.8) is 0 Å². The van der Waals surface area contributed by atoms with Crippen LogP contribution in [0, 0.1) is 11.8 Å². The molecule has 2 rings (SSSR count). The molecule has 0 aromatic rings. The molecule has 0 spiro atoms. The van der Waals surface area contributed by atoms with Crippen LogP contribution in [0.15, 0.2) is 4.99 Å². The molecule has 1 atom stereocenters. The minimum atomic E-state index is 0.533. The van der Waals surface area contributed by atoms with Gasteiger partial charge in [0.05, 0.1) is 19.8 Å². The fourth-order valence-corrected chi connectivity index (χ4v) is 3.39. The minimum Gasteiger partial charge on any atom is -0.379 e. The second-order valence-corrected chi connectivity index (χ2v) is 6.84. The molecule has 1 saturated carbocycles. The van der Waals surface area contributed by atoms with Crippen molar-refractivity contribution in [2.45, 2.75) is 52.5 Å². The molecule has 1 heterocycles. The van der Waals surface area contributed by atoms with Crippen LogP contribution in [0.3, 0.4) is 0 Å². The van der Waals surface area contributed by atoms with Gasteiger partial charge in [0.25, 0.3) is 0 Å². The van der Waals surface area contributed by atoms with E-state index in [2.05, 4.69) is 36.3 Å². The molecule has 1 aliphatic heterocycles. The Morgan fingerprint density at radius 2 is 1.83 bits per heavy atom. The van der Waals surface area contributed by atoms with Crippen LogP contribution < -0.4 is 10.6 Å². The maximum Gasteiger partial charge on any atom is 0.191 e. The van der Waals surface area contributed by atoms with Gasteiger partial charge in [0.2, 0.25) is 0 Å². The van der Waals surface area contributed by atoms with Gasteiger partial charge in [-0.05, 0) is 31.6 Å². The monoisotopic (exact) mass is 324 g/mol. The molecule has 0 aromatic heterocycles. The Hall–Kier alpha value is -0.810. The van der Waals surface area contributed by atoms with Gasteiger partial charge in [-0.15, -0.1) is 0 Å². The Kier molecular flexibility index (Phi) is 8.17. The Morgan fingerprint density at radius 3 is 2.39 bits per heavy atom. The zero-order valence-electron chi connectivity index (χ0n) is 15.3. The molecule has 134 valence electrons. The molecule has 1 saturated heterocycles. The molecule has 2 N–H and O–H groups in total. The first-order valence-corrected chi connectivity index (χ1v) is 9.62. The van der Waals surface area contributed by atoms with Crippen molar-refractivity contribution in [1.82, 2.24) is 15.5 Å². The highest BCUT2D eigenvalue weighted by Gasteiger charge is 2.27. The fourth-order valence-electron chi connectivity index (χ4n) is 3.39. The predicted molar refractivity (Wildman–Crippen MR) is 97.0 cm³/mol. The first-order chi connectivity index (χ1) is 11.3. The molecule has 5 heteroatoms. The average Bonchev–Trinajstić information content (AvgIpc) is 3.41. The third kappa shape index (κ3) is 6.30. The van der Waals surface area contributed by atoms with Crippen molar-refractivity contribution in [2.75, 3.05) is 45.9 Å². The van der Waals surface area contributed by atoms with Crippen molar-refractivity contribution >= 4 is 5.96 Å². The van der Waals surface area contributed by atoms with E-state index in [9.17, 15) is 0 Å². The van der Waals surface area contributed by atoms with Crippen LogP contribution in [0.25, 0.3) is 0 Å². The molecule has 0 bridgehead atoms. The van der Waals surface area contributed by atoms with Crippen LogP contribution in [0.2, 0.25) is 0 Å². The van der Waals surface area contributed by atoms with Gasteiger partial charge in [-0.2, -0.15) is 0 Å². The summed E-state index contributed by atoms with van der Waals surface area (Å²) in [6, 6.07) is 0.533. The zero-order chi connectivity index (χ0) is 16.5. The molecular formula is C18H36N4O. The molecular weight excluding hydrogens is 288 g/mol. The first kappa shape index (κ1) is 18.5. The highest BCUT2D eigenvalue weighted by molar-refractivity contribution is 5.79. The van der Waals surface area contributed by atoms with Crippen LogP contribution in [-0.4, -0.2) is 62.8 Å². The van der Waals surface area contributed by atoms with Crippen LogP contribution in [0.4, 0.5) is 0 Å². The largest absolute Gasteiger partial charge is 0.379 e. The molecule has 1 unspecified atom stereocenters. The number of hydrogen-bond acceptors (Lipinski definition) is 3. The van der Waals surface area contributed by atoms with Crippen LogP contribution in [0.1, 0.15) is 46.5 Å². The van der Waals surface area contributed by atoms with Crippen molar-refractivity contribution in [3.05, 3.63) is 0 Å². The minimum absolute atomic E-state index is 0.533. The van der Waals surface area contributed by atoms with E-state index in [1.54, 1.807) is 0 Å². The highest BCUT2D eigenvalue weighted by atomic mass is 16.5. The maximum atomic E-state index is 5.53. The van der Waals surface area contributed by atoms with Crippen LogP contribution in [-0.2, 0) is 4.74 Å². The first-order valence-electron chi connectivity index (χ1n) is 9.62. The topological polar surface area (TPSA) is 48.9 Å². The maximum absolute atomic E-state index is 5.53. The summed E-state index contributed by atoms with van der Waals surface area (Å²) in [7, 11) is 0. The number of nitrogens with one attached hydrogen (secondary N) is 2. The average molecular weight is 325 g/mol. The number of ether oxygens (including phenoxy) is 1. The fraction of sp³-hybridized carbons (Fsp3) is 0.944. The molecule has 5 nitrogen and oxygen atoms in total. The van der Waals surface area contributed by atoms with E-state index in [-0.39, 0.29) is 0 Å². The number of morpholine rings is 1. The predicted octanol–water partition coefficient (Wildman–Crippen LogP) is 2.09. The number of aliphatic imine (C=N–C) groups is 1. The Balaban J connectivity index is 1.95. The SMILES string of the molecule is CCNC(=NCC(C(CC)CC)N1CCOCC1)NCC1CC1. The third-order valence-corrected chi connectivity index (χ3v) is 5.14. The summed E-state index contributed by atoms with van der Waals surface area (Å²) in [6.45, 7) is 13.4. The van der Waals surface area contributed by atoms with E-state index < -0.39 is 0 Å². The lowest BCUT2D eigenvalue weighted by atomic mass is 9.92. The van der Waals surface area contributed by atoms with Gasteiger partial charge in [-0.25, -0.2) is 0 Å². The van der Waals surface area contributed by atoms with Crippen molar-refractivity contribution < 1.29 is 4.74 Å². The lowest BCUT2D eigenvalue weighted by molar-refractivity contribution is 0.00395. The highest BCUT2D eigenvalue weighted by Crippen LogP contribution is 2.27. The number of guanidine groups is 1. The Labute approximate surface area is 142 Å². The van der Waals surface area contributed by atoms with Crippen LogP contribution >= 0.6 is 0 Å². The van der Waals surface area contributed by atoms with Crippen molar-refractivity contribution in [2.24, 2.45) is 16.8 Å². The number of nitrogens with zero attached hydrogens (tertiary/aromatic N) is 2. The summed E-state index contributed by atoms with van der Waals surface area (Å²) in [6.07, 6.45) is 5.19. The van der Waals surface area contributed by atoms with E-state index >= 15 is 0 Å². The van der Waals surface area contributed by atoms with E-state index in [1.807, 2.05) is 0 Å². The van der Waals surface area contributed by atoms with Crippen molar-refractivity contribution in [3.8, 4) is 0 Å². The number of hydrogen-bond donors (Lipinski definition) is 2. The van der Waals surface area contributed by atoms with E-state index in [1.165, 1.54) is 25.7 Å². The number of rotatable bonds is 9. The van der Waals surface area contributed by atoms with Gasteiger partial charge < -0.3 is 15.4 Å². The second kappa shape index (κ2) is 10.1. The van der Waals surface area contributed by atoms with Gasteiger partial charge in [0.1, 0.15) is 0 Å². The summed E-state index contributed by atoms with van der Waals surface area (Å²) in [5, 5.41) is 6.91. The smallest absolute Gasteiger partial charge is 0.191 e. The quantitative estimate of drug-likeness (QED) is 0.504. The van der Waals surface area contributed by atoms with E-state index in [0.717, 1.165) is 57.8 Å². The molecule has 23 heavy (non-hydrogen) atoms. The molecule has 2 fully saturated rings. The lowest BCUT2D eigenvalue weighted by Gasteiger charge is -2.38. The summed E-state index contributed by atoms with van der Waals surface area (Å²) >= 11 is 0. The Morgan fingerprint density at radius 1 is 1.13 bits per heavy atom. The Bertz CT molecular complexity index is 347. The van der Waals surface area contributed by atoms with Gasteiger partial charge >= 0.3 is 0 Å². The molecule has 0 amide bonds. The third-order valence-electron chi connectivity index (χ3n) is 5.14. The van der Waals surface area contributed by atoms with Gasteiger partial charge in [0, 0.05) is 32.2 Å². The van der Waals surface area contributed by atoms with E-state index in [4.69, 9.17) is 9.73 Å². The molecule has 0 radical (unpaired) electrons. The van der Waals surface area contributed by atoms with Crippen molar-refractivity contribution in [1.29, 1.82) is 0 Å². The van der Waals surface area contributed by atoms with Gasteiger partial charge in [0.15, 0.2) is 5.96 Å². The lowest BCUT2D eigenvalue weighted by Crippen LogP contribution is -2.49. The van der Waals surface area contributed by atoms with Crippen LogP contribution in [0.5, 0.6) is 0 Å².